The molecule has 0 saturated heterocycles. The summed E-state index contributed by atoms with van der Waals surface area (Å²) in [5.41, 5.74) is 5.17. The molecule has 0 amide bonds. The second kappa shape index (κ2) is 14.0. The van der Waals surface area contributed by atoms with Crippen molar-refractivity contribution in [3.05, 3.63) is 76.9 Å². The van der Waals surface area contributed by atoms with Crippen LogP contribution in [0.15, 0.2) is 54.6 Å². The van der Waals surface area contributed by atoms with Crippen molar-refractivity contribution in [2.75, 3.05) is 33.2 Å². The molecule has 0 aliphatic rings. The normalized spacial score (nSPS) is 12.1. The van der Waals surface area contributed by atoms with Gasteiger partial charge in [-0.25, -0.2) is 0 Å². The number of benzene rings is 3. The minimum Gasteiger partial charge on any atom is -0.494 e. The van der Waals surface area contributed by atoms with Crippen LogP contribution in [0.25, 0.3) is 24.3 Å². The van der Waals surface area contributed by atoms with Gasteiger partial charge in [0.1, 0.15) is 17.2 Å². The lowest BCUT2D eigenvalue weighted by molar-refractivity contribution is 0.207. The van der Waals surface area contributed by atoms with Crippen molar-refractivity contribution < 1.29 is 18.9 Å². The molecule has 0 fully saturated rings. The number of hydrogen-bond donors (Lipinski definition) is 1. The summed E-state index contributed by atoms with van der Waals surface area (Å²) in [7, 11) is 5.02. The molecule has 0 radical (unpaired) electrons. The molecule has 1 atom stereocenters. The van der Waals surface area contributed by atoms with Gasteiger partial charge in [0.25, 0.3) is 0 Å². The Labute approximate surface area is 221 Å². The van der Waals surface area contributed by atoms with Crippen LogP contribution in [-0.4, -0.2) is 34.0 Å². The lowest BCUT2D eigenvalue weighted by atomic mass is 10.1. The second-order valence-electron chi connectivity index (χ2n) is 8.81. The fourth-order valence-corrected chi connectivity index (χ4v) is 3.74. The molecule has 0 aromatic heterocycles. The maximum atomic E-state index is 5.95. The first kappa shape index (κ1) is 27.7. The Bertz CT molecular complexity index is 1170. The summed E-state index contributed by atoms with van der Waals surface area (Å²) in [6, 6.07) is 18.4. The maximum Gasteiger partial charge on any atom is 0.161 e. The number of methoxy groups -OCH3 is 3. The monoisotopic (exact) mass is 501 g/mol. The molecule has 37 heavy (non-hydrogen) atoms. The third-order valence-electron chi connectivity index (χ3n) is 6.04. The van der Waals surface area contributed by atoms with Gasteiger partial charge in [-0.2, -0.15) is 0 Å². The predicted octanol–water partition coefficient (Wildman–Crippen LogP) is 8.05. The van der Waals surface area contributed by atoms with Crippen molar-refractivity contribution in [2.24, 2.45) is 0 Å². The van der Waals surface area contributed by atoms with Crippen molar-refractivity contribution in [1.29, 1.82) is 0 Å². The number of hydrogen-bond acceptors (Lipinski definition) is 5. The highest BCUT2D eigenvalue weighted by molar-refractivity contribution is 5.77. The zero-order valence-electron chi connectivity index (χ0n) is 22.8. The Kier molecular flexibility index (Phi) is 10.5. The van der Waals surface area contributed by atoms with E-state index in [2.05, 4.69) is 74.7 Å². The average molecular weight is 502 g/mol. The van der Waals surface area contributed by atoms with Gasteiger partial charge < -0.3 is 24.3 Å². The number of ether oxygens (including phenoxy) is 4. The Morgan fingerprint density at radius 1 is 0.649 bits per heavy atom. The Morgan fingerprint density at radius 3 is 1.65 bits per heavy atom. The van der Waals surface area contributed by atoms with Gasteiger partial charge in [0, 0.05) is 6.54 Å². The molecule has 5 heteroatoms. The third-order valence-corrected chi connectivity index (χ3v) is 6.04. The van der Waals surface area contributed by atoms with Crippen LogP contribution in [0.3, 0.4) is 0 Å². The highest BCUT2D eigenvalue weighted by Crippen LogP contribution is 2.36. The van der Waals surface area contributed by atoms with Crippen molar-refractivity contribution in [1.82, 2.24) is 0 Å². The van der Waals surface area contributed by atoms with Crippen LogP contribution in [0.4, 0.5) is 5.69 Å². The minimum absolute atomic E-state index is 0.147. The van der Waals surface area contributed by atoms with Gasteiger partial charge in [-0.1, -0.05) is 68.5 Å². The van der Waals surface area contributed by atoms with Crippen molar-refractivity contribution >= 4 is 30.0 Å². The van der Waals surface area contributed by atoms with Crippen LogP contribution in [-0.2, 0) is 0 Å². The van der Waals surface area contributed by atoms with Gasteiger partial charge in [0.05, 0.1) is 27.4 Å². The number of nitrogens with one attached hydrogen (secondary N) is 1. The molecule has 1 N–H and O–H groups in total. The van der Waals surface area contributed by atoms with E-state index in [1.165, 1.54) is 0 Å². The van der Waals surface area contributed by atoms with E-state index < -0.39 is 0 Å². The molecule has 196 valence electrons. The molecule has 0 saturated carbocycles. The SMILES string of the molecule is CCCNc1c(OC)cc(/C=C/c2ccc(/C=C/c3ccc(OC(C)CC)c(OC)c3)cc2)cc1OC. The zero-order valence-corrected chi connectivity index (χ0v) is 22.8. The van der Waals surface area contributed by atoms with Crippen molar-refractivity contribution in [3.8, 4) is 23.0 Å². The quantitative estimate of drug-likeness (QED) is 0.240. The average Bonchev–Trinajstić information content (AvgIpc) is 2.94. The van der Waals surface area contributed by atoms with Crippen molar-refractivity contribution in [3.63, 3.8) is 0 Å². The standard InChI is InChI=1S/C32H39NO4/c1-7-19-33-32-30(35-5)21-27(22-31(32)36-6)16-14-25-11-9-24(10-12-25)13-15-26-17-18-28(29(20-26)34-4)37-23(3)8-2/h9-18,20-23,33H,7-8,19H2,1-6H3/b15-13+,16-14+. The minimum atomic E-state index is 0.147. The molecule has 0 aliphatic heterocycles. The van der Waals surface area contributed by atoms with Gasteiger partial charge in [0.2, 0.25) is 0 Å². The molecular weight excluding hydrogens is 462 g/mol. The van der Waals surface area contributed by atoms with Gasteiger partial charge in [0.15, 0.2) is 11.5 Å². The van der Waals surface area contributed by atoms with E-state index in [1.807, 2.05) is 30.3 Å². The fourth-order valence-electron chi connectivity index (χ4n) is 3.74. The lowest BCUT2D eigenvalue weighted by Gasteiger charge is -2.15. The molecular formula is C32H39NO4. The van der Waals surface area contributed by atoms with Crippen LogP contribution in [0.2, 0.25) is 0 Å². The van der Waals surface area contributed by atoms with Gasteiger partial charge in [-0.3, -0.25) is 0 Å². The van der Waals surface area contributed by atoms with Gasteiger partial charge >= 0.3 is 0 Å². The highest BCUT2D eigenvalue weighted by atomic mass is 16.5. The van der Waals surface area contributed by atoms with Gasteiger partial charge in [-0.15, -0.1) is 0 Å². The van der Waals surface area contributed by atoms with E-state index >= 15 is 0 Å². The molecule has 0 heterocycles. The third kappa shape index (κ3) is 7.81. The first-order chi connectivity index (χ1) is 18.0. The summed E-state index contributed by atoms with van der Waals surface area (Å²) in [6.07, 6.45) is 10.4. The maximum absolute atomic E-state index is 5.95. The molecule has 5 nitrogen and oxygen atoms in total. The molecule has 0 spiro atoms. The molecule has 0 aliphatic carbocycles. The van der Waals surface area contributed by atoms with Crippen LogP contribution in [0, 0.1) is 0 Å². The van der Waals surface area contributed by atoms with Gasteiger partial charge in [-0.05, 0) is 66.3 Å². The fraction of sp³-hybridized carbons (Fsp3) is 0.312. The topological polar surface area (TPSA) is 49.0 Å². The smallest absolute Gasteiger partial charge is 0.161 e. The Hall–Kier alpha value is -3.86. The highest BCUT2D eigenvalue weighted by Gasteiger charge is 2.11. The molecule has 0 bridgehead atoms. The van der Waals surface area contributed by atoms with Crippen LogP contribution >= 0.6 is 0 Å². The Morgan fingerprint density at radius 2 is 1.14 bits per heavy atom. The summed E-state index contributed by atoms with van der Waals surface area (Å²) in [4.78, 5) is 0. The lowest BCUT2D eigenvalue weighted by Crippen LogP contribution is -2.10. The number of anilines is 1. The van der Waals surface area contributed by atoms with E-state index in [9.17, 15) is 0 Å². The predicted molar refractivity (Wildman–Crippen MR) is 156 cm³/mol. The Balaban J connectivity index is 1.71. The molecule has 3 aromatic rings. The zero-order chi connectivity index (χ0) is 26.6. The summed E-state index contributed by atoms with van der Waals surface area (Å²) < 4.78 is 22.7. The summed E-state index contributed by atoms with van der Waals surface area (Å²) in [6.45, 7) is 7.14. The number of rotatable bonds is 13. The van der Waals surface area contributed by atoms with E-state index in [0.717, 1.165) is 70.3 Å². The summed E-state index contributed by atoms with van der Waals surface area (Å²) in [5.74, 6) is 3.05. The summed E-state index contributed by atoms with van der Waals surface area (Å²) in [5, 5.41) is 3.39. The van der Waals surface area contributed by atoms with Crippen LogP contribution in [0.1, 0.15) is 55.9 Å². The van der Waals surface area contributed by atoms with E-state index in [4.69, 9.17) is 18.9 Å². The molecule has 3 aromatic carbocycles. The van der Waals surface area contributed by atoms with Crippen LogP contribution in [0.5, 0.6) is 23.0 Å². The van der Waals surface area contributed by atoms with E-state index in [-0.39, 0.29) is 6.10 Å². The van der Waals surface area contributed by atoms with Crippen molar-refractivity contribution in [2.45, 2.75) is 39.7 Å². The van der Waals surface area contributed by atoms with Crippen LogP contribution < -0.4 is 24.3 Å². The molecule has 1 unspecified atom stereocenters. The summed E-state index contributed by atoms with van der Waals surface area (Å²) >= 11 is 0. The first-order valence-corrected chi connectivity index (χ1v) is 12.8. The second-order valence-corrected chi connectivity index (χ2v) is 8.81. The largest absolute Gasteiger partial charge is 0.494 e. The first-order valence-electron chi connectivity index (χ1n) is 12.8. The van der Waals surface area contributed by atoms with E-state index in [1.54, 1.807) is 21.3 Å². The van der Waals surface area contributed by atoms with E-state index in [0.29, 0.717) is 0 Å². The molecule has 3 rings (SSSR count).